The number of anilines is 2. The maximum atomic E-state index is 8.71. The highest BCUT2D eigenvalue weighted by molar-refractivity contribution is 5.50. The fourth-order valence-corrected chi connectivity index (χ4v) is 1.89. The Balaban J connectivity index is 2.06. The minimum atomic E-state index is 0.540. The minimum Gasteiger partial charge on any atom is -0.370 e. The molecule has 0 unspecified atom stereocenters. The Morgan fingerprint density at radius 3 is 3.00 bits per heavy atom. The van der Waals surface area contributed by atoms with Gasteiger partial charge in [-0.3, -0.25) is 0 Å². The molecule has 0 bridgehead atoms. The van der Waals surface area contributed by atoms with Crippen LogP contribution in [0.5, 0.6) is 0 Å². The molecule has 2 rings (SSSR count). The lowest BCUT2D eigenvalue weighted by atomic mass is 10.3. The molecule has 0 radical (unpaired) electrons. The van der Waals surface area contributed by atoms with Gasteiger partial charge in [0.15, 0.2) is 0 Å². The van der Waals surface area contributed by atoms with E-state index in [1.165, 1.54) is 12.8 Å². The highest BCUT2D eigenvalue weighted by atomic mass is 15.2. The van der Waals surface area contributed by atoms with Crippen molar-refractivity contribution in [2.75, 3.05) is 23.3 Å². The van der Waals surface area contributed by atoms with Gasteiger partial charge in [0.2, 0.25) is 0 Å². The second-order valence-corrected chi connectivity index (χ2v) is 4.52. The van der Waals surface area contributed by atoms with E-state index in [4.69, 9.17) is 5.26 Å². The molecule has 0 aliphatic heterocycles. The molecule has 0 atom stereocenters. The Bertz CT molecular complexity index is 422. The Morgan fingerprint density at radius 2 is 2.33 bits per heavy atom. The lowest BCUT2D eigenvalue weighted by Crippen LogP contribution is -2.27. The Kier molecular flexibility index (Phi) is 4.35. The summed E-state index contributed by atoms with van der Waals surface area (Å²) >= 11 is 0. The van der Waals surface area contributed by atoms with Crippen molar-refractivity contribution in [3.05, 3.63) is 12.4 Å². The second kappa shape index (κ2) is 6.20. The monoisotopic (exact) mass is 245 g/mol. The van der Waals surface area contributed by atoms with Gasteiger partial charge in [0.05, 0.1) is 12.5 Å². The van der Waals surface area contributed by atoms with E-state index in [0.29, 0.717) is 12.5 Å². The lowest BCUT2D eigenvalue weighted by molar-refractivity contribution is 0.775. The second-order valence-electron chi connectivity index (χ2n) is 4.52. The van der Waals surface area contributed by atoms with E-state index in [-0.39, 0.29) is 0 Å². The van der Waals surface area contributed by atoms with E-state index in [0.717, 1.165) is 31.1 Å². The SMILES string of the molecule is CCCNc1cc(N(CCC#N)C2CC2)ncn1. The normalized spacial score (nSPS) is 14.0. The fraction of sp³-hybridized carbons (Fsp3) is 0.615. The first kappa shape index (κ1) is 12.6. The molecular formula is C13H19N5. The predicted octanol–water partition coefficient (Wildman–Crippen LogP) is 2.18. The van der Waals surface area contributed by atoms with Crippen LogP contribution in [-0.4, -0.2) is 29.1 Å². The average molecular weight is 245 g/mol. The van der Waals surface area contributed by atoms with Gasteiger partial charge in [0.25, 0.3) is 0 Å². The third-order valence-electron chi connectivity index (χ3n) is 2.96. The highest BCUT2D eigenvalue weighted by Crippen LogP contribution is 2.31. The summed E-state index contributed by atoms with van der Waals surface area (Å²) in [6.07, 6.45) is 5.60. The van der Waals surface area contributed by atoms with Crippen LogP contribution in [-0.2, 0) is 0 Å². The van der Waals surface area contributed by atoms with Crippen molar-refractivity contribution in [2.24, 2.45) is 0 Å². The molecule has 1 aliphatic rings. The third kappa shape index (κ3) is 3.33. The van der Waals surface area contributed by atoms with Gasteiger partial charge >= 0.3 is 0 Å². The van der Waals surface area contributed by atoms with Crippen LogP contribution in [0.25, 0.3) is 0 Å². The van der Waals surface area contributed by atoms with E-state index >= 15 is 0 Å². The van der Waals surface area contributed by atoms with Crippen LogP contribution >= 0.6 is 0 Å². The van der Waals surface area contributed by atoms with Crippen LogP contribution in [0.1, 0.15) is 32.6 Å². The van der Waals surface area contributed by atoms with E-state index in [2.05, 4.69) is 33.2 Å². The van der Waals surface area contributed by atoms with Gasteiger partial charge in [-0.05, 0) is 19.3 Å². The fourth-order valence-electron chi connectivity index (χ4n) is 1.89. The van der Waals surface area contributed by atoms with Crippen molar-refractivity contribution in [2.45, 2.75) is 38.6 Å². The Hall–Kier alpha value is -1.83. The van der Waals surface area contributed by atoms with Gasteiger partial charge in [0.1, 0.15) is 18.0 Å². The zero-order chi connectivity index (χ0) is 12.8. The summed E-state index contributed by atoms with van der Waals surface area (Å²) in [6.45, 7) is 3.79. The van der Waals surface area contributed by atoms with Gasteiger partial charge in [-0.2, -0.15) is 5.26 Å². The lowest BCUT2D eigenvalue weighted by Gasteiger charge is -2.22. The quantitative estimate of drug-likeness (QED) is 0.797. The van der Waals surface area contributed by atoms with Crippen LogP contribution < -0.4 is 10.2 Å². The molecule has 1 aromatic rings. The number of aromatic nitrogens is 2. The van der Waals surface area contributed by atoms with Gasteiger partial charge in [-0.15, -0.1) is 0 Å². The molecule has 1 fully saturated rings. The standard InChI is InChI=1S/C13H19N5/c1-2-7-15-12-9-13(17-10-16-12)18(8-3-6-14)11-4-5-11/h9-11H,2-5,7-8H2,1H3,(H,15,16,17). The van der Waals surface area contributed by atoms with Crippen LogP contribution in [0.4, 0.5) is 11.6 Å². The van der Waals surface area contributed by atoms with Crippen molar-refractivity contribution >= 4 is 11.6 Å². The summed E-state index contributed by atoms with van der Waals surface area (Å²) in [5, 5.41) is 12.0. The van der Waals surface area contributed by atoms with Crippen LogP contribution in [0.2, 0.25) is 0 Å². The first-order valence-electron chi connectivity index (χ1n) is 6.54. The van der Waals surface area contributed by atoms with E-state index in [1.54, 1.807) is 6.33 Å². The molecular weight excluding hydrogens is 226 g/mol. The molecule has 96 valence electrons. The van der Waals surface area contributed by atoms with Crippen molar-refractivity contribution in [1.82, 2.24) is 9.97 Å². The first-order valence-corrected chi connectivity index (χ1v) is 6.54. The molecule has 0 spiro atoms. The molecule has 5 nitrogen and oxygen atoms in total. The molecule has 1 heterocycles. The third-order valence-corrected chi connectivity index (χ3v) is 2.96. The maximum Gasteiger partial charge on any atom is 0.134 e. The molecule has 5 heteroatoms. The molecule has 0 saturated heterocycles. The van der Waals surface area contributed by atoms with Crippen molar-refractivity contribution in [3.63, 3.8) is 0 Å². The Labute approximate surface area is 108 Å². The summed E-state index contributed by atoms with van der Waals surface area (Å²) in [6, 6.07) is 4.74. The maximum absolute atomic E-state index is 8.71. The zero-order valence-corrected chi connectivity index (χ0v) is 10.8. The van der Waals surface area contributed by atoms with Crippen LogP contribution in [0.15, 0.2) is 12.4 Å². The topological polar surface area (TPSA) is 64.8 Å². The van der Waals surface area contributed by atoms with Crippen molar-refractivity contribution < 1.29 is 0 Å². The van der Waals surface area contributed by atoms with Gasteiger partial charge in [-0.1, -0.05) is 6.92 Å². The van der Waals surface area contributed by atoms with Gasteiger partial charge in [-0.25, -0.2) is 9.97 Å². The number of rotatable bonds is 7. The molecule has 1 N–H and O–H groups in total. The minimum absolute atomic E-state index is 0.540. The van der Waals surface area contributed by atoms with Gasteiger partial charge in [0, 0.05) is 25.2 Å². The molecule has 1 aromatic heterocycles. The zero-order valence-electron chi connectivity index (χ0n) is 10.8. The summed E-state index contributed by atoms with van der Waals surface area (Å²) in [4.78, 5) is 10.8. The molecule has 1 saturated carbocycles. The summed E-state index contributed by atoms with van der Waals surface area (Å²) < 4.78 is 0. The van der Waals surface area contributed by atoms with Crippen molar-refractivity contribution in [3.8, 4) is 6.07 Å². The predicted molar refractivity (Wildman–Crippen MR) is 71.4 cm³/mol. The summed E-state index contributed by atoms with van der Waals surface area (Å²) in [5.41, 5.74) is 0. The number of nitrogens with one attached hydrogen (secondary N) is 1. The smallest absolute Gasteiger partial charge is 0.134 e. The summed E-state index contributed by atoms with van der Waals surface area (Å²) in [7, 11) is 0. The van der Waals surface area contributed by atoms with E-state index < -0.39 is 0 Å². The summed E-state index contributed by atoms with van der Waals surface area (Å²) in [5.74, 6) is 1.80. The van der Waals surface area contributed by atoms with Crippen LogP contribution in [0, 0.1) is 11.3 Å². The first-order chi connectivity index (χ1) is 8.85. The van der Waals surface area contributed by atoms with Crippen LogP contribution in [0.3, 0.4) is 0 Å². The van der Waals surface area contributed by atoms with Crippen molar-refractivity contribution in [1.29, 1.82) is 5.26 Å². The Morgan fingerprint density at radius 1 is 1.50 bits per heavy atom. The van der Waals surface area contributed by atoms with E-state index in [1.807, 2.05) is 6.07 Å². The van der Waals surface area contributed by atoms with E-state index in [9.17, 15) is 0 Å². The largest absolute Gasteiger partial charge is 0.370 e. The number of hydrogen-bond acceptors (Lipinski definition) is 5. The molecule has 0 aromatic carbocycles. The number of hydrogen-bond donors (Lipinski definition) is 1. The van der Waals surface area contributed by atoms with Gasteiger partial charge < -0.3 is 10.2 Å². The number of nitriles is 1. The molecule has 0 amide bonds. The molecule has 18 heavy (non-hydrogen) atoms. The average Bonchev–Trinajstić information content (AvgIpc) is 3.22. The number of nitrogens with zero attached hydrogens (tertiary/aromatic N) is 4. The molecule has 1 aliphatic carbocycles. The highest BCUT2D eigenvalue weighted by Gasteiger charge is 2.29.